The predicted octanol–water partition coefficient (Wildman–Crippen LogP) is 2.20. The Morgan fingerprint density at radius 2 is 1.71 bits per heavy atom. The highest BCUT2D eigenvalue weighted by atomic mass is 32.2. The maximum Gasteiger partial charge on any atom is 0.376 e. The molecule has 0 radical (unpaired) electrons. The van der Waals surface area contributed by atoms with Crippen molar-refractivity contribution in [3.63, 3.8) is 0 Å². The molecule has 0 aliphatic rings. The third-order valence-corrected chi connectivity index (χ3v) is 4.22. The van der Waals surface area contributed by atoms with Crippen molar-refractivity contribution in [2.24, 2.45) is 0 Å². The minimum absolute atomic E-state index is 0.0854. The summed E-state index contributed by atoms with van der Waals surface area (Å²) in [7, 11) is -1.89. The van der Waals surface area contributed by atoms with E-state index in [4.69, 9.17) is 5.11 Å². The Balaban J connectivity index is 3.21. The van der Waals surface area contributed by atoms with E-state index < -0.39 is 33.7 Å². The van der Waals surface area contributed by atoms with Crippen LogP contribution in [0.15, 0.2) is 24.3 Å². The molecular weight excluding hydrogens is 304 g/mol. The third-order valence-electron chi connectivity index (χ3n) is 2.66. The van der Waals surface area contributed by atoms with Crippen LogP contribution in [0, 0.1) is 0 Å². The van der Waals surface area contributed by atoms with Crippen molar-refractivity contribution in [1.29, 1.82) is 0 Å². The van der Waals surface area contributed by atoms with Gasteiger partial charge in [-0.1, -0.05) is 12.1 Å². The van der Waals surface area contributed by atoms with Gasteiger partial charge in [-0.15, -0.1) is 0 Å². The van der Waals surface area contributed by atoms with Crippen LogP contribution in [0.1, 0.15) is 32.4 Å². The molecule has 3 N–H and O–H groups in total. The highest BCUT2D eigenvalue weighted by molar-refractivity contribution is 7.84. The zero-order valence-corrected chi connectivity index (χ0v) is 12.6. The molecule has 1 rings (SSSR count). The second-order valence-corrected chi connectivity index (χ2v) is 7.45. The Labute approximate surface area is 123 Å². The fourth-order valence-electron chi connectivity index (χ4n) is 1.43. The number of hydrogen-bond donors (Lipinski definition) is 3. The number of benzene rings is 1. The average Bonchev–Trinajstić information content (AvgIpc) is 2.35. The van der Waals surface area contributed by atoms with E-state index in [9.17, 15) is 22.9 Å². The first-order chi connectivity index (χ1) is 9.46. The lowest BCUT2D eigenvalue weighted by molar-refractivity contribution is -0.168. The number of alkyl halides is 2. The molecule has 118 valence electrons. The van der Waals surface area contributed by atoms with Crippen molar-refractivity contribution in [3.05, 3.63) is 29.8 Å². The van der Waals surface area contributed by atoms with Gasteiger partial charge in [0.1, 0.15) is 11.8 Å². The summed E-state index contributed by atoms with van der Waals surface area (Å²) in [5, 5.41) is 17.9. The topological polar surface area (TPSA) is 86.6 Å². The molecule has 0 amide bonds. The van der Waals surface area contributed by atoms with E-state index in [0.29, 0.717) is 0 Å². The van der Waals surface area contributed by atoms with E-state index in [2.05, 4.69) is 4.72 Å². The minimum Gasteiger partial charge on any atom is -0.508 e. The molecule has 0 aromatic heterocycles. The van der Waals surface area contributed by atoms with E-state index in [1.165, 1.54) is 0 Å². The number of phenolic OH excluding ortho intramolecular Hbond substituents is 1. The van der Waals surface area contributed by atoms with Crippen LogP contribution < -0.4 is 4.72 Å². The van der Waals surface area contributed by atoms with Crippen molar-refractivity contribution in [2.45, 2.75) is 37.5 Å². The Morgan fingerprint density at radius 3 is 2.10 bits per heavy atom. The van der Waals surface area contributed by atoms with Crippen molar-refractivity contribution in [1.82, 2.24) is 4.72 Å². The average molecular weight is 321 g/mol. The van der Waals surface area contributed by atoms with Gasteiger partial charge < -0.3 is 10.2 Å². The molecule has 0 spiro atoms. The second-order valence-electron chi connectivity index (χ2n) is 5.45. The van der Waals surface area contributed by atoms with Crippen molar-refractivity contribution in [3.8, 4) is 5.75 Å². The molecule has 21 heavy (non-hydrogen) atoms. The largest absolute Gasteiger partial charge is 0.508 e. The zero-order chi connectivity index (χ0) is 16.4. The van der Waals surface area contributed by atoms with Gasteiger partial charge in [0.2, 0.25) is 0 Å². The number of carbonyl (C=O) groups is 1. The lowest BCUT2D eigenvalue weighted by Gasteiger charge is -2.28. The number of nitrogens with one attached hydrogen (secondary N) is 1. The predicted molar refractivity (Wildman–Crippen MR) is 74.5 cm³/mol. The highest BCUT2D eigenvalue weighted by Crippen LogP contribution is 2.33. The van der Waals surface area contributed by atoms with Gasteiger partial charge in [-0.3, -0.25) is 0 Å². The SMILES string of the molecule is CC(C)(C)S(=O)N[C@@H](c1ccc(O)cc1)C(F)(F)C(=O)O. The van der Waals surface area contributed by atoms with Gasteiger partial charge in [0.25, 0.3) is 0 Å². The molecule has 1 aromatic carbocycles. The quantitative estimate of drug-likeness (QED) is 0.776. The number of aromatic hydroxyl groups is 1. The molecule has 0 saturated carbocycles. The summed E-state index contributed by atoms with van der Waals surface area (Å²) in [4.78, 5) is 10.8. The lowest BCUT2D eigenvalue weighted by atomic mass is 10.0. The van der Waals surface area contributed by atoms with E-state index in [1.54, 1.807) is 20.8 Å². The number of hydrogen-bond acceptors (Lipinski definition) is 3. The molecule has 0 saturated heterocycles. The maximum atomic E-state index is 13.9. The standard InChI is InChI=1S/C13H17F2NO4S/c1-12(2,3)21(20)16-10(13(14,15)11(18)19)8-4-6-9(17)7-5-8/h4-7,10,16-17H,1-3H3,(H,18,19)/t10-,21?/m0/s1. The second kappa shape index (κ2) is 6.07. The van der Waals surface area contributed by atoms with Crippen LogP contribution in [-0.4, -0.2) is 31.1 Å². The Kier molecular flexibility index (Phi) is 5.06. The summed E-state index contributed by atoms with van der Waals surface area (Å²) in [6.07, 6.45) is 0. The monoisotopic (exact) mass is 321 g/mol. The van der Waals surface area contributed by atoms with Crippen LogP contribution in [0.5, 0.6) is 5.75 Å². The van der Waals surface area contributed by atoms with E-state index >= 15 is 0 Å². The number of carboxylic acid groups (broad SMARTS) is 1. The lowest BCUT2D eigenvalue weighted by Crippen LogP contribution is -2.47. The molecule has 1 unspecified atom stereocenters. The molecule has 8 heteroatoms. The van der Waals surface area contributed by atoms with Crippen LogP contribution in [0.2, 0.25) is 0 Å². The normalized spacial score (nSPS) is 15.5. The first kappa shape index (κ1) is 17.5. The Hall–Kier alpha value is -1.54. The maximum absolute atomic E-state index is 13.9. The Morgan fingerprint density at radius 1 is 1.24 bits per heavy atom. The van der Waals surface area contributed by atoms with Crippen molar-refractivity contribution < 1.29 is 28.0 Å². The van der Waals surface area contributed by atoms with Gasteiger partial charge in [0, 0.05) is 0 Å². The van der Waals surface area contributed by atoms with Gasteiger partial charge in [0.15, 0.2) is 0 Å². The van der Waals surface area contributed by atoms with Crippen LogP contribution in [0.3, 0.4) is 0 Å². The summed E-state index contributed by atoms with van der Waals surface area (Å²) >= 11 is 0. The summed E-state index contributed by atoms with van der Waals surface area (Å²) < 4.78 is 41.1. The number of halogens is 2. The van der Waals surface area contributed by atoms with Crippen molar-refractivity contribution in [2.75, 3.05) is 0 Å². The molecule has 2 atom stereocenters. The van der Waals surface area contributed by atoms with Gasteiger partial charge in [-0.05, 0) is 38.5 Å². The number of aliphatic carboxylic acids is 1. The minimum atomic E-state index is -4.15. The van der Waals surface area contributed by atoms with Gasteiger partial charge in [-0.25, -0.2) is 13.7 Å². The van der Waals surface area contributed by atoms with Crippen LogP contribution >= 0.6 is 0 Å². The summed E-state index contributed by atoms with van der Waals surface area (Å²) in [5.41, 5.74) is -0.0854. The van der Waals surface area contributed by atoms with Crippen molar-refractivity contribution >= 4 is 17.0 Å². The van der Waals surface area contributed by atoms with Gasteiger partial charge in [0.05, 0.1) is 15.7 Å². The van der Waals surface area contributed by atoms with E-state index in [0.717, 1.165) is 24.3 Å². The molecule has 0 fully saturated rings. The third kappa shape index (κ3) is 4.21. The Bertz CT molecular complexity index is 540. The zero-order valence-electron chi connectivity index (χ0n) is 11.8. The van der Waals surface area contributed by atoms with Crippen LogP contribution in [-0.2, 0) is 15.8 Å². The molecule has 0 aliphatic carbocycles. The summed E-state index contributed by atoms with van der Waals surface area (Å²) in [5.74, 6) is -6.62. The van der Waals surface area contributed by atoms with Gasteiger partial charge >= 0.3 is 11.9 Å². The summed E-state index contributed by atoms with van der Waals surface area (Å²) in [6, 6.07) is 2.65. The molecular formula is C13H17F2NO4S. The highest BCUT2D eigenvalue weighted by Gasteiger charge is 2.49. The smallest absolute Gasteiger partial charge is 0.376 e. The molecule has 5 nitrogen and oxygen atoms in total. The fourth-order valence-corrected chi connectivity index (χ4v) is 2.28. The molecule has 0 aliphatic heterocycles. The van der Waals surface area contributed by atoms with Gasteiger partial charge in [-0.2, -0.15) is 8.78 Å². The molecule has 0 heterocycles. The first-order valence-electron chi connectivity index (χ1n) is 6.04. The molecule has 1 aromatic rings. The van der Waals surface area contributed by atoms with E-state index in [-0.39, 0.29) is 11.3 Å². The summed E-state index contributed by atoms with van der Waals surface area (Å²) in [6.45, 7) is 4.72. The van der Waals surface area contributed by atoms with Crippen LogP contribution in [0.4, 0.5) is 8.78 Å². The fraction of sp³-hybridized carbons (Fsp3) is 0.462. The van der Waals surface area contributed by atoms with E-state index in [1.807, 2.05) is 0 Å². The molecule has 0 bridgehead atoms. The van der Waals surface area contributed by atoms with Crippen LogP contribution in [0.25, 0.3) is 0 Å². The first-order valence-corrected chi connectivity index (χ1v) is 7.19. The number of phenols is 1. The number of rotatable bonds is 5. The number of carboxylic acids is 1.